The average molecular weight is 426 g/mol. The van der Waals surface area contributed by atoms with Crippen LogP contribution in [0.5, 0.6) is 11.8 Å². The Morgan fingerprint density at radius 2 is 1.72 bits per heavy atom. The molecule has 0 aliphatic carbocycles. The molecule has 0 spiro atoms. The van der Waals surface area contributed by atoms with Crippen molar-refractivity contribution in [2.24, 2.45) is 0 Å². The highest BCUT2D eigenvalue weighted by Crippen LogP contribution is 2.24. The molecule has 2 aromatic carbocycles. The molecular formula is C18H17F3N4O3S. The number of nitrogens with zero attached hydrogens (tertiary/aromatic N) is 3. The van der Waals surface area contributed by atoms with Crippen molar-refractivity contribution in [2.45, 2.75) is 31.3 Å². The minimum absolute atomic E-state index is 0.0668. The number of nitrogens with one attached hydrogen (secondary N) is 1. The van der Waals surface area contributed by atoms with E-state index in [1.165, 1.54) is 35.8 Å². The van der Waals surface area contributed by atoms with E-state index in [-0.39, 0.29) is 11.8 Å². The van der Waals surface area contributed by atoms with Crippen molar-refractivity contribution in [3.63, 3.8) is 0 Å². The molecule has 0 aliphatic rings. The highest BCUT2D eigenvalue weighted by atomic mass is 32.2. The Labute approximate surface area is 165 Å². The van der Waals surface area contributed by atoms with Crippen LogP contribution >= 0.6 is 0 Å². The van der Waals surface area contributed by atoms with Crippen molar-refractivity contribution in [1.29, 1.82) is 0 Å². The quantitative estimate of drug-likeness (QED) is 0.625. The van der Waals surface area contributed by atoms with E-state index >= 15 is 0 Å². The summed E-state index contributed by atoms with van der Waals surface area (Å²) >= 11 is 0. The van der Waals surface area contributed by atoms with Gasteiger partial charge in [0.15, 0.2) is 5.82 Å². The van der Waals surface area contributed by atoms with Crippen LogP contribution in [0.4, 0.5) is 13.2 Å². The van der Waals surface area contributed by atoms with E-state index < -0.39 is 38.4 Å². The van der Waals surface area contributed by atoms with Crippen LogP contribution < -0.4 is 9.46 Å². The van der Waals surface area contributed by atoms with Gasteiger partial charge in [-0.05, 0) is 56.3 Å². The molecular weight excluding hydrogens is 409 g/mol. The van der Waals surface area contributed by atoms with Crippen LogP contribution in [0, 0.1) is 17.5 Å². The van der Waals surface area contributed by atoms with Gasteiger partial charge in [0, 0.05) is 6.54 Å². The maximum absolute atomic E-state index is 13.9. The maximum Gasteiger partial charge on any atom is 0.322 e. The second-order valence-corrected chi connectivity index (χ2v) is 7.74. The van der Waals surface area contributed by atoms with Gasteiger partial charge < -0.3 is 4.74 Å². The fourth-order valence-electron chi connectivity index (χ4n) is 2.63. The van der Waals surface area contributed by atoms with Gasteiger partial charge in [-0.1, -0.05) is 5.10 Å². The average Bonchev–Trinajstić information content (AvgIpc) is 3.08. The van der Waals surface area contributed by atoms with E-state index in [1.807, 2.05) is 0 Å². The molecule has 0 fully saturated rings. The molecule has 1 aromatic heterocycles. The van der Waals surface area contributed by atoms with Crippen molar-refractivity contribution < 1.29 is 26.3 Å². The molecule has 0 aliphatic heterocycles. The first-order valence-electron chi connectivity index (χ1n) is 8.55. The van der Waals surface area contributed by atoms with Crippen LogP contribution in [0.15, 0.2) is 47.4 Å². The maximum atomic E-state index is 13.9. The Bertz CT molecular complexity index is 1120. The third-order valence-corrected chi connectivity index (χ3v) is 5.54. The van der Waals surface area contributed by atoms with Gasteiger partial charge in [0.05, 0.1) is 6.04 Å². The molecule has 0 saturated heterocycles. The third-order valence-electron chi connectivity index (χ3n) is 3.99. The van der Waals surface area contributed by atoms with E-state index in [1.54, 1.807) is 6.92 Å². The summed E-state index contributed by atoms with van der Waals surface area (Å²) in [5.74, 6) is -1.88. The second-order valence-electron chi connectivity index (χ2n) is 6.06. The Kier molecular flexibility index (Phi) is 5.89. The molecule has 154 valence electrons. The molecule has 29 heavy (non-hydrogen) atoms. The summed E-state index contributed by atoms with van der Waals surface area (Å²) in [5.41, 5.74) is 0. The molecule has 0 bridgehead atoms. The van der Waals surface area contributed by atoms with Gasteiger partial charge in [-0.2, -0.15) is 0 Å². The molecule has 1 heterocycles. The highest BCUT2D eigenvalue weighted by molar-refractivity contribution is 7.89. The van der Waals surface area contributed by atoms with Crippen molar-refractivity contribution in [2.75, 3.05) is 0 Å². The van der Waals surface area contributed by atoms with E-state index in [0.29, 0.717) is 18.4 Å². The van der Waals surface area contributed by atoms with Gasteiger partial charge in [0.1, 0.15) is 28.1 Å². The van der Waals surface area contributed by atoms with E-state index in [2.05, 4.69) is 14.9 Å². The summed E-state index contributed by atoms with van der Waals surface area (Å²) in [4.78, 5) is -0.810. The lowest BCUT2D eigenvalue weighted by molar-refractivity contribution is 0.407. The van der Waals surface area contributed by atoms with Crippen LogP contribution in [0.3, 0.4) is 0 Å². The molecule has 0 radical (unpaired) electrons. The number of rotatable bonds is 7. The van der Waals surface area contributed by atoms with Crippen molar-refractivity contribution in [3.8, 4) is 11.8 Å². The molecule has 0 saturated carbocycles. The monoisotopic (exact) mass is 426 g/mol. The molecule has 11 heteroatoms. The lowest BCUT2D eigenvalue weighted by atomic mass is 10.3. The summed E-state index contributed by atoms with van der Waals surface area (Å²) in [7, 11) is -4.37. The minimum Gasteiger partial charge on any atom is -0.424 e. The number of sulfonamides is 1. The zero-order chi connectivity index (χ0) is 21.2. The van der Waals surface area contributed by atoms with Crippen LogP contribution in [-0.4, -0.2) is 23.2 Å². The number of benzene rings is 2. The summed E-state index contributed by atoms with van der Waals surface area (Å²) in [6.07, 6.45) is 0. The molecule has 1 N–H and O–H groups in total. The molecule has 0 amide bonds. The van der Waals surface area contributed by atoms with Gasteiger partial charge in [0.2, 0.25) is 10.0 Å². The Morgan fingerprint density at radius 3 is 2.38 bits per heavy atom. The molecule has 0 unspecified atom stereocenters. The third kappa shape index (κ3) is 4.57. The number of hydrogen-bond donors (Lipinski definition) is 1. The highest BCUT2D eigenvalue weighted by Gasteiger charge is 2.26. The summed E-state index contributed by atoms with van der Waals surface area (Å²) < 4.78 is 74.5. The predicted molar refractivity (Wildman–Crippen MR) is 97.3 cm³/mol. The summed E-state index contributed by atoms with van der Waals surface area (Å²) in [5, 5.41) is 7.83. The molecule has 1 atom stereocenters. The Hall–Kier alpha value is -2.92. The second kappa shape index (κ2) is 8.21. The first-order chi connectivity index (χ1) is 13.7. The smallest absolute Gasteiger partial charge is 0.322 e. The van der Waals surface area contributed by atoms with E-state index in [0.717, 1.165) is 12.1 Å². The molecule has 3 rings (SSSR count). The molecule has 3 aromatic rings. The van der Waals surface area contributed by atoms with Gasteiger partial charge in [-0.15, -0.1) is 5.10 Å². The van der Waals surface area contributed by atoms with E-state index in [4.69, 9.17) is 4.74 Å². The fourth-order valence-corrected chi connectivity index (χ4v) is 3.92. The normalized spacial score (nSPS) is 12.7. The Balaban J connectivity index is 1.85. The first kappa shape index (κ1) is 20.8. The van der Waals surface area contributed by atoms with Crippen molar-refractivity contribution in [3.05, 3.63) is 65.7 Å². The lowest BCUT2D eigenvalue weighted by Crippen LogP contribution is -2.29. The molecule has 7 nitrogen and oxygen atoms in total. The van der Waals surface area contributed by atoms with Gasteiger partial charge >= 0.3 is 6.01 Å². The standard InChI is InChI=1S/C18H17F3N4O3S/c1-3-25-17(22-23-18(25)28-14-7-4-12(19)5-8-14)11(2)24-29(26,27)16-10-13(20)6-9-15(16)21/h4-11,24H,3H2,1-2H3/t11-/m1/s1. The van der Waals surface area contributed by atoms with Crippen LogP contribution in [0.2, 0.25) is 0 Å². The number of ether oxygens (including phenoxy) is 1. The fraction of sp³-hybridized carbons (Fsp3) is 0.222. The van der Waals surface area contributed by atoms with Gasteiger partial charge in [-0.25, -0.2) is 26.3 Å². The lowest BCUT2D eigenvalue weighted by Gasteiger charge is -2.15. The van der Waals surface area contributed by atoms with Crippen LogP contribution in [0.25, 0.3) is 0 Å². The number of halogens is 3. The largest absolute Gasteiger partial charge is 0.424 e. The van der Waals surface area contributed by atoms with Crippen LogP contribution in [0.1, 0.15) is 25.7 Å². The predicted octanol–water partition coefficient (Wildman–Crippen LogP) is 3.55. The summed E-state index contributed by atoms with van der Waals surface area (Å²) in [6, 6.07) is 6.53. The first-order valence-corrected chi connectivity index (χ1v) is 10.0. The number of hydrogen-bond acceptors (Lipinski definition) is 5. The minimum atomic E-state index is -4.37. The zero-order valence-corrected chi connectivity index (χ0v) is 16.3. The Morgan fingerprint density at radius 1 is 1.07 bits per heavy atom. The topological polar surface area (TPSA) is 86.1 Å². The van der Waals surface area contributed by atoms with E-state index in [9.17, 15) is 21.6 Å². The van der Waals surface area contributed by atoms with Crippen LogP contribution in [-0.2, 0) is 16.6 Å². The van der Waals surface area contributed by atoms with Crippen molar-refractivity contribution in [1.82, 2.24) is 19.5 Å². The SMILES string of the molecule is CCn1c(Oc2ccc(F)cc2)nnc1[C@@H](C)NS(=O)(=O)c1cc(F)ccc1F. The zero-order valence-electron chi connectivity index (χ0n) is 15.4. The summed E-state index contributed by atoms with van der Waals surface area (Å²) in [6.45, 7) is 3.57. The van der Waals surface area contributed by atoms with Gasteiger partial charge in [-0.3, -0.25) is 4.57 Å². The number of aromatic nitrogens is 3. The van der Waals surface area contributed by atoms with Gasteiger partial charge in [0.25, 0.3) is 0 Å². The van der Waals surface area contributed by atoms with Crippen molar-refractivity contribution >= 4 is 10.0 Å².